The molecular weight excluding hydrogens is 238 g/mol. The standard InChI is InChI=1S/C16H15NO2/c18-11-13-10-17(16-4-2-1-3-15(13)16)9-12-5-7-14(19)8-6-12/h1-8,10,18-19H,9,11H2. The van der Waals surface area contributed by atoms with Crippen molar-refractivity contribution in [2.75, 3.05) is 0 Å². The highest BCUT2D eigenvalue weighted by atomic mass is 16.3. The topological polar surface area (TPSA) is 45.4 Å². The van der Waals surface area contributed by atoms with Crippen LogP contribution in [0, 0.1) is 0 Å². The molecule has 0 aliphatic carbocycles. The second-order valence-corrected chi connectivity index (χ2v) is 4.62. The van der Waals surface area contributed by atoms with Crippen molar-refractivity contribution in [2.24, 2.45) is 0 Å². The number of fused-ring (bicyclic) bond motifs is 1. The fourth-order valence-electron chi connectivity index (χ4n) is 2.38. The van der Waals surface area contributed by atoms with E-state index in [0.29, 0.717) is 0 Å². The van der Waals surface area contributed by atoms with E-state index in [1.54, 1.807) is 12.1 Å². The average Bonchev–Trinajstić information content (AvgIpc) is 2.80. The van der Waals surface area contributed by atoms with Crippen molar-refractivity contribution in [1.82, 2.24) is 4.57 Å². The summed E-state index contributed by atoms with van der Waals surface area (Å²) < 4.78 is 2.12. The summed E-state index contributed by atoms with van der Waals surface area (Å²) in [5, 5.41) is 19.8. The minimum absolute atomic E-state index is 0.0447. The van der Waals surface area contributed by atoms with E-state index >= 15 is 0 Å². The smallest absolute Gasteiger partial charge is 0.115 e. The van der Waals surface area contributed by atoms with Crippen LogP contribution in [-0.4, -0.2) is 14.8 Å². The van der Waals surface area contributed by atoms with Gasteiger partial charge in [-0.15, -0.1) is 0 Å². The highest BCUT2D eigenvalue weighted by Crippen LogP contribution is 2.22. The van der Waals surface area contributed by atoms with Crippen molar-refractivity contribution in [3.63, 3.8) is 0 Å². The summed E-state index contributed by atoms with van der Waals surface area (Å²) >= 11 is 0. The van der Waals surface area contributed by atoms with Gasteiger partial charge in [0.2, 0.25) is 0 Å². The highest BCUT2D eigenvalue weighted by molar-refractivity contribution is 5.83. The SMILES string of the molecule is OCc1cn(Cc2ccc(O)cc2)c2ccccc12. The summed E-state index contributed by atoms with van der Waals surface area (Å²) in [4.78, 5) is 0. The molecule has 3 aromatic rings. The van der Waals surface area contributed by atoms with Gasteiger partial charge in [0.25, 0.3) is 0 Å². The third-order valence-electron chi connectivity index (χ3n) is 3.33. The van der Waals surface area contributed by atoms with Crippen molar-refractivity contribution in [3.05, 3.63) is 65.9 Å². The zero-order chi connectivity index (χ0) is 13.2. The molecule has 2 N–H and O–H groups in total. The third-order valence-corrected chi connectivity index (χ3v) is 3.33. The fraction of sp³-hybridized carbons (Fsp3) is 0.125. The van der Waals surface area contributed by atoms with E-state index in [1.165, 1.54) is 0 Å². The van der Waals surface area contributed by atoms with E-state index < -0.39 is 0 Å². The van der Waals surface area contributed by atoms with Gasteiger partial charge in [-0.1, -0.05) is 30.3 Å². The monoisotopic (exact) mass is 253 g/mol. The first-order valence-electron chi connectivity index (χ1n) is 6.23. The molecule has 0 amide bonds. The Morgan fingerprint density at radius 2 is 1.68 bits per heavy atom. The van der Waals surface area contributed by atoms with Crippen LogP contribution >= 0.6 is 0 Å². The highest BCUT2D eigenvalue weighted by Gasteiger charge is 2.07. The van der Waals surface area contributed by atoms with Gasteiger partial charge in [-0.2, -0.15) is 0 Å². The summed E-state index contributed by atoms with van der Waals surface area (Å²) in [5.41, 5.74) is 3.16. The number of benzene rings is 2. The molecule has 0 unspecified atom stereocenters. The molecule has 0 atom stereocenters. The number of aliphatic hydroxyl groups is 1. The molecule has 3 heteroatoms. The van der Waals surface area contributed by atoms with Crippen molar-refractivity contribution in [2.45, 2.75) is 13.2 Å². The van der Waals surface area contributed by atoms with Gasteiger partial charge in [-0.25, -0.2) is 0 Å². The molecule has 0 spiro atoms. The second-order valence-electron chi connectivity index (χ2n) is 4.62. The Morgan fingerprint density at radius 3 is 2.42 bits per heavy atom. The number of phenols is 1. The van der Waals surface area contributed by atoms with Crippen LogP contribution in [-0.2, 0) is 13.2 Å². The Balaban J connectivity index is 2.03. The van der Waals surface area contributed by atoms with Gasteiger partial charge in [0, 0.05) is 29.2 Å². The number of hydrogen-bond acceptors (Lipinski definition) is 2. The Kier molecular flexibility index (Phi) is 2.97. The fourth-order valence-corrected chi connectivity index (χ4v) is 2.38. The second kappa shape index (κ2) is 4.78. The number of nitrogens with zero attached hydrogens (tertiary/aromatic N) is 1. The lowest BCUT2D eigenvalue weighted by atomic mass is 10.2. The summed E-state index contributed by atoms with van der Waals surface area (Å²) in [6.45, 7) is 0.768. The van der Waals surface area contributed by atoms with E-state index in [9.17, 15) is 10.2 Å². The zero-order valence-corrected chi connectivity index (χ0v) is 10.5. The van der Waals surface area contributed by atoms with E-state index in [1.807, 2.05) is 36.5 Å². The van der Waals surface area contributed by atoms with Crippen LogP contribution in [0.3, 0.4) is 0 Å². The van der Waals surface area contributed by atoms with Gasteiger partial charge in [-0.3, -0.25) is 0 Å². The lowest BCUT2D eigenvalue weighted by Crippen LogP contribution is -1.97. The summed E-state index contributed by atoms with van der Waals surface area (Å²) in [7, 11) is 0. The zero-order valence-electron chi connectivity index (χ0n) is 10.5. The van der Waals surface area contributed by atoms with Crippen LogP contribution in [0.4, 0.5) is 0 Å². The van der Waals surface area contributed by atoms with E-state index in [-0.39, 0.29) is 12.4 Å². The van der Waals surface area contributed by atoms with E-state index in [4.69, 9.17) is 0 Å². The Bertz CT molecular complexity index is 698. The molecular formula is C16H15NO2. The lowest BCUT2D eigenvalue weighted by Gasteiger charge is -2.05. The van der Waals surface area contributed by atoms with Crippen molar-refractivity contribution in [1.29, 1.82) is 0 Å². The molecule has 19 heavy (non-hydrogen) atoms. The van der Waals surface area contributed by atoms with E-state index in [2.05, 4.69) is 10.6 Å². The van der Waals surface area contributed by atoms with Gasteiger partial charge in [-0.05, 0) is 23.8 Å². The van der Waals surface area contributed by atoms with Crippen LogP contribution in [0.15, 0.2) is 54.7 Å². The van der Waals surface area contributed by atoms with Gasteiger partial charge in [0.15, 0.2) is 0 Å². The number of aromatic hydroxyl groups is 1. The van der Waals surface area contributed by atoms with Crippen LogP contribution in [0.25, 0.3) is 10.9 Å². The predicted octanol–water partition coefficient (Wildman–Crippen LogP) is 2.89. The Labute approximate surface area is 111 Å². The summed E-state index contributed by atoms with van der Waals surface area (Å²) in [6, 6.07) is 15.2. The maximum Gasteiger partial charge on any atom is 0.115 e. The van der Waals surface area contributed by atoms with Crippen molar-refractivity contribution in [3.8, 4) is 5.75 Å². The number of phenolic OH excluding ortho intramolecular Hbond substituents is 1. The van der Waals surface area contributed by atoms with Crippen LogP contribution in [0.5, 0.6) is 5.75 Å². The summed E-state index contributed by atoms with van der Waals surface area (Å²) in [5.74, 6) is 0.275. The molecule has 3 nitrogen and oxygen atoms in total. The molecule has 96 valence electrons. The predicted molar refractivity (Wildman–Crippen MR) is 75.1 cm³/mol. The minimum atomic E-state index is 0.0447. The lowest BCUT2D eigenvalue weighted by molar-refractivity contribution is 0.283. The van der Waals surface area contributed by atoms with E-state index in [0.717, 1.165) is 28.6 Å². The Morgan fingerprint density at radius 1 is 0.947 bits per heavy atom. The van der Waals surface area contributed by atoms with Crippen LogP contribution in [0.2, 0.25) is 0 Å². The molecule has 1 heterocycles. The number of rotatable bonds is 3. The molecule has 0 radical (unpaired) electrons. The largest absolute Gasteiger partial charge is 0.508 e. The maximum atomic E-state index is 9.41. The molecule has 0 aliphatic heterocycles. The molecule has 3 rings (SSSR count). The molecule has 0 fully saturated rings. The normalized spacial score (nSPS) is 11.0. The first kappa shape index (κ1) is 11.8. The summed E-state index contributed by atoms with van der Waals surface area (Å²) in [6.07, 6.45) is 1.98. The van der Waals surface area contributed by atoms with Crippen LogP contribution in [0.1, 0.15) is 11.1 Å². The molecule has 0 aliphatic rings. The van der Waals surface area contributed by atoms with Gasteiger partial charge in [0.1, 0.15) is 5.75 Å². The molecule has 0 bridgehead atoms. The Hall–Kier alpha value is -2.26. The van der Waals surface area contributed by atoms with Crippen molar-refractivity contribution >= 4 is 10.9 Å². The number of aromatic nitrogens is 1. The molecule has 1 aromatic heterocycles. The first-order valence-corrected chi connectivity index (χ1v) is 6.23. The number of para-hydroxylation sites is 1. The average molecular weight is 253 g/mol. The maximum absolute atomic E-state index is 9.41. The van der Waals surface area contributed by atoms with Crippen LogP contribution < -0.4 is 0 Å². The minimum Gasteiger partial charge on any atom is -0.508 e. The van der Waals surface area contributed by atoms with Gasteiger partial charge >= 0.3 is 0 Å². The first-order chi connectivity index (χ1) is 9.28. The number of hydrogen-bond donors (Lipinski definition) is 2. The molecule has 0 saturated heterocycles. The quantitative estimate of drug-likeness (QED) is 0.754. The van der Waals surface area contributed by atoms with Crippen molar-refractivity contribution < 1.29 is 10.2 Å². The number of aliphatic hydroxyl groups excluding tert-OH is 1. The third kappa shape index (κ3) is 2.20. The van der Waals surface area contributed by atoms with Gasteiger partial charge < -0.3 is 14.8 Å². The molecule has 0 saturated carbocycles. The van der Waals surface area contributed by atoms with Gasteiger partial charge in [0.05, 0.1) is 6.61 Å². The molecule has 2 aromatic carbocycles.